The van der Waals surface area contributed by atoms with E-state index in [2.05, 4.69) is 5.32 Å². The smallest absolute Gasteiger partial charge is 0.266 e. The van der Waals surface area contributed by atoms with E-state index in [1.165, 1.54) is 28.8 Å². The van der Waals surface area contributed by atoms with Crippen molar-refractivity contribution in [3.8, 4) is 0 Å². The Labute approximate surface area is 179 Å². The van der Waals surface area contributed by atoms with E-state index in [-0.39, 0.29) is 17.6 Å². The average Bonchev–Trinajstić information content (AvgIpc) is 2.94. The summed E-state index contributed by atoms with van der Waals surface area (Å²) in [5.41, 5.74) is 3.71. The van der Waals surface area contributed by atoms with Gasteiger partial charge in [-0.3, -0.25) is 14.5 Å². The monoisotopic (exact) mass is 428 g/mol. The lowest BCUT2D eigenvalue weighted by Gasteiger charge is -2.14. The fraction of sp³-hybridized carbons (Fsp3) is 0.227. The largest absolute Gasteiger partial charge is 0.326 e. The topological polar surface area (TPSA) is 49.4 Å². The standard InChI is InChI=1S/C22H21FN2O2S2/c1-14-5-3-6-18(15(14)2)24-20(26)7-4-12-25-21(27)19(29-22(25)28)13-16-8-10-17(23)11-9-16/h3,5-6,8-11,13H,4,7,12H2,1-2H3,(H,24,26)/b19-13-. The first-order valence-electron chi connectivity index (χ1n) is 9.22. The number of nitrogens with zero attached hydrogens (tertiary/aromatic N) is 1. The summed E-state index contributed by atoms with van der Waals surface area (Å²) in [7, 11) is 0. The summed E-state index contributed by atoms with van der Waals surface area (Å²) >= 11 is 6.53. The fourth-order valence-corrected chi connectivity index (χ4v) is 4.21. The van der Waals surface area contributed by atoms with Crippen molar-refractivity contribution in [2.75, 3.05) is 11.9 Å². The fourth-order valence-electron chi connectivity index (χ4n) is 2.90. The number of aryl methyl sites for hydroxylation is 1. The maximum atomic E-state index is 13.0. The number of carbonyl (C=O) groups is 2. The Balaban J connectivity index is 1.54. The van der Waals surface area contributed by atoms with Gasteiger partial charge in [-0.2, -0.15) is 0 Å². The molecule has 0 aromatic heterocycles. The number of hydrogen-bond donors (Lipinski definition) is 1. The summed E-state index contributed by atoms with van der Waals surface area (Å²) < 4.78 is 13.5. The van der Waals surface area contributed by atoms with Crippen LogP contribution in [0.3, 0.4) is 0 Å². The van der Waals surface area contributed by atoms with E-state index in [4.69, 9.17) is 12.2 Å². The summed E-state index contributed by atoms with van der Waals surface area (Å²) in [6.07, 6.45) is 2.50. The number of hydrogen-bond acceptors (Lipinski definition) is 4. The predicted molar refractivity (Wildman–Crippen MR) is 120 cm³/mol. The van der Waals surface area contributed by atoms with Crippen molar-refractivity contribution in [3.05, 3.63) is 69.9 Å². The van der Waals surface area contributed by atoms with Gasteiger partial charge < -0.3 is 5.32 Å². The molecule has 1 fully saturated rings. The quantitative estimate of drug-likeness (QED) is 0.516. The Hall–Kier alpha value is -2.51. The second-order valence-corrected chi connectivity index (χ2v) is 8.46. The SMILES string of the molecule is Cc1cccc(NC(=O)CCCN2C(=O)/C(=C/c3ccc(F)cc3)SC2=S)c1C. The van der Waals surface area contributed by atoms with Crippen LogP contribution >= 0.6 is 24.0 Å². The highest BCUT2D eigenvalue weighted by Crippen LogP contribution is 2.32. The normalized spacial score (nSPS) is 15.3. The second kappa shape index (κ2) is 9.33. The Morgan fingerprint density at radius 2 is 1.93 bits per heavy atom. The first kappa shape index (κ1) is 21.2. The van der Waals surface area contributed by atoms with Crippen LogP contribution in [0.15, 0.2) is 47.4 Å². The average molecular weight is 429 g/mol. The van der Waals surface area contributed by atoms with E-state index < -0.39 is 0 Å². The van der Waals surface area contributed by atoms with Gasteiger partial charge in [0.05, 0.1) is 4.91 Å². The van der Waals surface area contributed by atoms with Crippen LogP contribution in [0.2, 0.25) is 0 Å². The van der Waals surface area contributed by atoms with Crippen LogP contribution in [0.25, 0.3) is 6.08 Å². The molecule has 0 aliphatic carbocycles. The van der Waals surface area contributed by atoms with Crippen LogP contribution in [0.4, 0.5) is 10.1 Å². The van der Waals surface area contributed by atoms with Crippen molar-refractivity contribution >= 4 is 51.9 Å². The Morgan fingerprint density at radius 3 is 2.66 bits per heavy atom. The number of thiocarbonyl (C=S) groups is 1. The molecule has 29 heavy (non-hydrogen) atoms. The number of nitrogens with one attached hydrogen (secondary N) is 1. The van der Waals surface area contributed by atoms with Crippen LogP contribution in [0.5, 0.6) is 0 Å². The molecule has 0 spiro atoms. The van der Waals surface area contributed by atoms with Crippen LogP contribution < -0.4 is 5.32 Å². The van der Waals surface area contributed by atoms with Crippen molar-refractivity contribution in [1.29, 1.82) is 0 Å². The van der Waals surface area contributed by atoms with E-state index in [9.17, 15) is 14.0 Å². The van der Waals surface area contributed by atoms with Crippen molar-refractivity contribution in [2.45, 2.75) is 26.7 Å². The summed E-state index contributed by atoms with van der Waals surface area (Å²) in [6.45, 7) is 4.35. The molecule has 7 heteroatoms. The highest BCUT2D eigenvalue weighted by molar-refractivity contribution is 8.26. The first-order valence-corrected chi connectivity index (χ1v) is 10.4. The summed E-state index contributed by atoms with van der Waals surface area (Å²) in [5, 5.41) is 2.92. The predicted octanol–water partition coefficient (Wildman–Crippen LogP) is 5.06. The lowest BCUT2D eigenvalue weighted by atomic mass is 10.1. The lowest BCUT2D eigenvalue weighted by molar-refractivity contribution is -0.122. The van der Waals surface area contributed by atoms with E-state index in [0.717, 1.165) is 22.4 Å². The van der Waals surface area contributed by atoms with Crippen molar-refractivity contribution < 1.29 is 14.0 Å². The van der Waals surface area contributed by atoms with Gasteiger partial charge in [0.25, 0.3) is 5.91 Å². The van der Waals surface area contributed by atoms with Crippen LogP contribution in [0, 0.1) is 19.7 Å². The van der Waals surface area contributed by atoms with E-state index >= 15 is 0 Å². The Kier molecular flexibility index (Phi) is 6.82. The zero-order chi connectivity index (χ0) is 21.0. The van der Waals surface area contributed by atoms with Gasteiger partial charge in [-0.05, 0) is 61.2 Å². The third-order valence-electron chi connectivity index (χ3n) is 4.71. The maximum absolute atomic E-state index is 13.0. The number of thioether (sulfide) groups is 1. The van der Waals surface area contributed by atoms with E-state index in [1.54, 1.807) is 18.2 Å². The maximum Gasteiger partial charge on any atom is 0.266 e. The molecule has 1 N–H and O–H groups in total. The van der Waals surface area contributed by atoms with E-state index in [1.807, 2.05) is 32.0 Å². The minimum atomic E-state index is -0.325. The van der Waals surface area contributed by atoms with Crippen LogP contribution in [-0.4, -0.2) is 27.6 Å². The molecule has 1 heterocycles. The number of halogens is 1. The minimum Gasteiger partial charge on any atom is -0.326 e. The molecule has 2 aromatic carbocycles. The molecular formula is C22H21FN2O2S2. The second-order valence-electron chi connectivity index (χ2n) is 6.78. The molecule has 3 rings (SSSR count). The van der Waals surface area contributed by atoms with Gasteiger partial charge >= 0.3 is 0 Å². The minimum absolute atomic E-state index is 0.0917. The van der Waals surface area contributed by atoms with Crippen molar-refractivity contribution in [1.82, 2.24) is 4.90 Å². The summed E-state index contributed by atoms with van der Waals surface area (Å²) in [5.74, 6) is -0.598. The van der Waals surface area contributed by atoms with Gasteiger partial charge in [0.1, 0.15) is 10.1 Å². The molecule has 0 bridgehead atoms. The summed E-state index contributed by atoms with van der Waals surface area (Å²) in [6, 6.07) is 11.7. The number of amides is 2. The number of rotatable bonds is 6. The lowest BCUT2D eigenvalue weighted by Crippen LogP contribution is -2.29. The van der Waals surface area contributed by atoms with Crippen LogP contribution in [0.1, 0.15) is 29.5 Å². The molecule has 4 nitrogen and oxygen atoms in total. The van der Waals surface area contributed by atoms with Gasteiger partial charge in [0.15, 0.2) is 0 Å². The zero-order valence-electron chi connectivity index (χ0n) is 16.2. The molecule has 1 saturated heterocycles. The number of anilines is 1. The Morgan fingerprint density at radius 1 is 1.21 bits per heavy atom. The molecular weight excluding hydrogens is 407 g/mol. The van der Waals surface area contributed by atoms with Gasteiger partial charge in [-0.15, -0.1) is 0 Å². The molecule has 0 unspecified atom stereocenters. The Bertz CT molecular complexity index is 987. The van der Waals surface area contributed by atoms with Crippen molar-refractivity contribution in [2.24, 2.45) is 0 Å². The molecule has 1 aliphatic rings. The highest BCUT2D eigenvalue weighted by Gasteiger charge is 2.31. The van der Waals surface area contributed by atoms with E-state index in [0.29, 0.717) is 28.6 Å². The van der Waals surface area contributed by atoms with Gasteiger partial charge in [0, 0.05) is 18.7 Å². The molecule has 0 atom stereocenters. The third kappa shape index (κ3) is 5.31. The summed E-state index contributed by atoms with van der Waals surface area (Å²) in [4.78, 5) is 26.9. The van der Waals surface area contributed by atoms with Gasteiger partial charge in [-0.25, -0.2) is 4.39 Å². The molecule has 0 radical (unpaired) electrons. The van der Waals surface area contributed by atoms with Gasteiger partial charge in [-0.1, -0.05) is 48.2 Å². The zero-order valence-corrected chi connectivity index (χ0v) is 17.8. The molecule has 150 valence electrons. The molecule has 0 saturated carbocycles. The van der Waals surface area contributed by atoms with Gasteiger partial charge in [0.2, 0.25) is 5.91 Å². The number of carbonyl (C=O) groups excluding carboxylic acids is 2. The van der Waals surface area contributed by atoms with Crippen molar-refractivity contribution in [3.63, 3.8) is 0 Å². The third-order valence-corrected chi connectivity index (χ3v) is 6.08. The van der Waals surface area contributed by atoms with Crippen LogP contribution in [-0.2, 0) is 9.59 Å². The number of benzene rings is 2. The molecule has 2 aromatic rings. The molecule has 1 aliphatic heterocycles. The highest BCUT2D eigenvalue weighted by atomic mass is 32.2. The molecule has 2 amide bonds. The first-order chi connectivity index (χ1) is 13.8.